The van der Waals surface area contributed by atoms with E-state index in [1.165, 1.54) is 21.0 Å². The molecule has 17 atom stereocenters. The van der Waals surface area contributed by atoms with Crippen LogP contribution < -0.4 is 0 Å². The maximum absolute atomic E-state index is 14.2. The van der Waals surface area contributed by atoms with Crippen LogP contribution in [0.5, 0.6) is 0 Å². The molecular formula is C39H72N2O12. The second-order valence-corrected chi connectivity index (χ2v) is 17.2. The van der Waals surface area contributed by atoms with Crippen molar-refractivity contribution in [3.05, 3.63) is 0 Å². The Morgan fingerprint density at radius 1 is 0.962 bits per heavy atom. The normalized spacial score (nSPS) is 47.2. The first-order valence-electron chi connectivity index (χ1n) is 19.5. The average molecular weight is 761 g/mol. The van der Waals surface area contributed by atoms with Crippen molar-refractivity contribution in [3.8, 4) is 0 Å². The minimum atomic E-state index is -1.79. The van der Waals surface area contributed by atoms with Crippen molar-refractivity contribution in [2.45, 2.75) is 192 Å². The third-order valence-electron chi connectivity index (χ3n) is 12.4. The van der Waals surface area contributed by atoms with Crippen LogP contribution in [0.4, 0.5) is 0 Å². The minimum absolute atomic E-state index is 0.0746. The third kappa shape index (κ3) is 10.7. The van der Waals surface area contributed by atoms with Crippen LogP contribution in [0.25, 0.3) is 0 Å². The van der Waals surface area contributed by atoms with E-state index in [0.29, 0.717) is 19.4 Å². The number of esters is 1. The van der Waals surface area contributed by atoms with Crippen molar-refractivity contribution in [1.82, 2.24) is 9.80 Å². The molecule has 3 aliphatic rings. The predicted molar refractivity (Wildman–Crippen MR) is 198 cm³/mol. The molecule has 0 radical (unpaired) electrons. The Kier molecular flexibility index (Phi) is 15.8. The summed E-state index contributed by atoms with van der Waals surface area (Å²) in [5.74, 6) is -2.55. The summed E-state index contributed by atoms with van der Waals surface area (Å²) >= 11 is 0. The van der Waals surface area contributed by atoms with E-state index >= 15 is 0 Å². The molecule has 14 nitrogen and oxygen atoms in total. The number of aliphatic hydroxyl groups excluding tert-OH is 2. The van der Waals surface area contributed by atoms with E-state index in [4.69, 9.17) is 28.4 Å². The number of hydrogen-bond acceptors (Lipinski definition) is 13. The minimum Gasteiger partial charge on any atom is -0.459 e. The first kappa shape index (κ1) is 45.9. The molecule has 0 bridgehead atoms. The number of methoxy groups -OCH3 is 1. The van der Waals surface area contributed by atoms with Gasteiger partial charge in [-0.1, -0.05) is 20.8 Å². The number of ether oxygens (including phenoxy) is 6. The lowest BCUT2D eigenvalue weighted by atomic mass is 9.77. The first-order chi connectivity index (χ1) is 24.4. The average Bonchev–Trinajstić information content (AvgIpc) is 3.07. The monoisotopic (exact) mass is 761 g/mol. The molecule has 3 rings (SSSR count). The van der Waals surface area contributed by atoms with Crippen LogP contribution in [-0.4, -0.2) is 154 Å². The van der Waals surface area contributed by atoms with E-state index in [-0.39, 0.29) is 43.2 Å². The molecule has 0 aromatic heterocycles. The zero-order valence-corrected chi connectivity index (χ0v) is 34.8. The fourth-order valence-electron chi connectivity index (χ4n) is 8.83. The number of aliphatic hydroxyl groups is 4. The molecule has 3 aliphatic heterocycles. The van der Waals surface area contributed by atoms with E-state index in [2.05, 4.69) is 0 Å². The topological polar surface area (TPSA) is 177 Å². The molecule has 7 unspecified atom stereocenters. The van der Waals surface area contributed by atoms with Gasteiger partial charge in [0.15, 0.2) is 12.6 Å². The van der Waals surface area contributed by atoms with E-state index in [1.54, 1.807) is 46.6 Å². The Morgan fingerprint density at radius 2 is 1.58 bits per heavy atom. The molecular weight excluding hydrogens is 688 g/mol. The zero-order valence-electron chi connectivity index (χ0n) is 34.8. The van der Waals surface area contributed by atoms with Gasteiger partial charge in [0.2, 0.25) is 5.91 Å². The number of carbonyl (C=O) groups is 2. The number of nitrogens with zero attached hydrogens (tertiary/aromatic N) is 2. The SMILES string of the molecule is CC[C@H]1OC(=O)[C@H](C)[C@@H](OC2CC(C)(OC)C(O)C(C)O2)[C@H](C)[C@@H](OC2CC(N(C)C(C)=O)CC(C)O2)[C@@](C)(O)C[C@@H](C)CN(C)[C@H](C)[C@@H](O)[C@]1(C)O. The molecule has 14 heteroatoms. The van der Waals surface area contributed by atoms with E-state index in [1.807, 2.05) is 39.6 Å². The van der Waals surface area contributed by atoms with Crippen LogP contribution in [0.1, 0.15) is 108 Å². The summed E-state index contributed by atoms with van der Waals surface area (Å²) in [6.07, 6.45) is -6.20. The largest absolute Gasteiger partial charge is 0.459 e. The predicted octanol–water partition coefficient (Wildman–Crippen LogP) is 2.85. The summed E-state index contributed by atoms with van der Waals surface area (Å²) in [5.41, 5.74) is -4.31. The highest BCUT2D eigenvalue weighted by atomic mass is 16.7. The van der Waals surface area contributed by atoms with Crippen LogP contribution in [-0.2, 0) is 38.0 Å². The Labute approximate surface area is 317 Å². The Morgan fingerprint density at radius 3 is 2.15 bits per heavy atom. The fourth-order valence-corrected chi connectivity index (χ4v) is 8.83. The lowest BCUT2D eigenvalue weighted by Gasteiger charge is -2.48. The molecule has 1 amide bonds. The first-order valence-corrected chi connectivity index (χ1v) is 19.5. The van der Waals surface area contributed by atoms with E-state index in [0.717, 1.165) is 0 Å². The highest BCUT2D eigenvalue weighted by Crippen LogP contribution is 2.40. The highest BCUT2D eigenvalue weighted by Gasteiger charge is 2.52. The molecule has 53 heavy (non-hydrogen) atoms. The lowest BCUT2D eigenvalue weighted by Crippen LogP contribution is -2.59. The van der Waals surface area contributed by atoms with Gasteiger partial charge in [-0.25, -0.2) is 0 Å². The van der Waals surface area contributed by atoms with Gasteiger partial charge in [0.1, 0.15) is 23.9 Å². The van der Waals surface area contributed by atoms with Crippen molar-refractivity contribution in [3.63, 3.8) is 0 Å². The quantitative estimate of drug-likeness (QED) is 0.279. The summed E-state index contributed by atoms with van der Waals surface area (Å²) < 4.78 is 37.8. The van der Waals surface area contributed by atoms with Crippen LogP contribution in [0.3, 0.4) is 0 Å². The molecule has 0 saturated carbocycles. The van der Waals surface area contributed by atoms with Gasteiger partial charge >= 0.3 is 5.97 Å². The van der Waals surface area contributed by atoms with Crippen molar-refractivity contribution in [2.75, 3.05) is 27.7 Å². The van der Waals surface area contributed by atoms with Gasteiger partial charge in [0.05, 0.1) is 41.5 Å². The third-order valence-corrected chi connectivity index (χ3v) is 12.4. The molecule has 3 saturated heterocycles. The molecule has 0 spiro atoms. The number of amides is 1. The van der Waals surface area contributed by atoms with Gasteiger partial charge in [-0.2, -0.15) is 0 Å². The van der Waals surface area contributed by atoms with Gasteiger partial charge in [0, 0.05) is 58.5 Å². The maximum Gasteiger partial charge on any atom is 0.311 e. The maximum atomic E-state index is 14.2. The standard InChI is InChI=1S/C39H72N2O12/c1-15-29-39(11,47)33(43)25(6)40(12)20-21(2)18-37(9,46)35(53-30-17-28(16-22(3)49-30)41(13)27(8)42)23(4)32(24(5)36(45)51-29)52-31-19-38(10,48-14)34(44)26(7)50-31/h21-26,28-35,43-44,46-47H,15-20H2,1-14H3/t21-,22?,23+,24-,25-,26?,28?,29-,30?,31?,32+,33-,34?,35-,37+,38?,39-/m1/s1. The van der Waals surface area contributed by atoms with Gasteiger partial charge in [0.25, 0.3) is 0 Å². The van der Waals surface area contributed by atoms with Crippen LogP contribution >= 0.6 is 0 Å². The number of carbonyl (C=O) groups excluding carboxylic acids is 2. The Bertz CT molecular complexity index is 1200. The summed E-state index contributed by atoms with van der Waals surface area (Å²) in [4.78, 5) is 30.2. The van der Waals surface area contributed by atoms with E-state index < -0.39 is 89.9 Å². The second-order valence-electron chi connectivity index (χ2n) is 17.2. The number of rotatable bonds is 7. The van der Waals surface area contributed by atoms with Gasteiger partial charge in [-0.05, 0) is 80.7 Å². The van der Waals surface area contributed by atoms with Gasteiger partial charge < -0.3 is 58.6 Å². The summed E-state index contributed by atoms with van der Waals surface area (Å²) in [6, 6.07) is -0.683. The Balaban J connectivity index is 2.16. The number of cyclic esters (lactones) is 1. The smallest absolute Gasteiger partial charge is 0.311 e. The second kappa shape index (κ2) is 18.2. The van der Waals surface area contributed by atoms with Crippen molar-refractivity contribution in [2.24, 2.45) is 17.8 Å². The molecule has 310 valence electrons. The van der Waals surface area contributed by atoms with Crippen LogP contribution in [0, 0.1) is 17.8 Å². The summed E-state index contributed by atoms with van der Waals surface area (Å²) in [7, 11) is 5.12. The molecule has 0 aliphatic carbocycles. The molecule has 4 N–H and O–H groups in total. The van der Waals surface area contributed by atoms with Crippen molar-refractivity contribution in [1.29, 1.82) is 0 Å². The van der Waals surface area contributed by atoms with Gasteiger partial charge in [-0.3, -0.25) is 9.59 Å². The van der Waals surface area contributed by atoms with Crippen molar-refractivity contribution < 1.29 is 58.4 Å². The molecule has 0 aromatic carbocycles. The fraction of sp³-hybridized carbons (Fsp3) is 0.949. The van der Waals surface area contributed by atoms with Gasteiger partial charge in [-0.15, -0.1) is 0 Å². The van der Waals surface area contributed by atoms with Crippen LogP contribution in [0.2, 0.25) is 0 Å². The van der Waals surface area contributed by atoms with E-state index in [9.17, 15) is 30.0 Å². The van der Waals surface area contributed by atoms with Crippen molar-refractivity contribution >= 4 is 11.9 Å². The molecule has 3 fully saturated rings. The number of hydrogen-bond donors (Lipinski definition) is 4. The molecule has 3 heterocycles. The number of likely N-dealkylation sites (N-methyl/N-ethyl adjacent to an activating group) is 1. The Hall–Kier alpha value is -1.46. The lowest BCUT2D eigenvalue weighted by molar-refractivity contribution is -0.308. The summed E-state index contributed by atoms with van der Waals surface area (Å²) in [5, 5.41) is 46.7. The highest BCUT2D eigenvalue weighted by molar-refractivity contribution is 5.73. The molecule has 0 aromatic rings. The summed E-state index contributed by atoms with van der Waals surface area (Å²) in [6.45, 7) is 19.7. The zero-order chi connectivity index (χ0) is 40.4. The van der Waals surface area contributed by atoms with Crippen LogP contribution in [0.15, 0.2) is 0 Å².